The monoisotopic (exact) mass is 267 g/mol. The molecule has 100 valence electrons. The first-order chi connectivity index (χ1) is 8.81. The van der Waals surface area contributed by atoms with Crippen LogP contribution in [0.5, 0.6) is 0 Å². The molecule has 3 nitrogen and oxygen atoms in total. The highest BCUT2D eigenvalue weighted by atomic mass is 32.2. The first-order valence-corrected chi connectivity index (χ1v) is 7.66. The molecule has 4 heteroatoms. The summed E-state index contributed by atoms with van der Waals surface area (Å²) in [4.78, 5) is 2.43. The van der Waals surface area contributed by atoms with E-state index in [4.69, 9.17) is 5.11 Å². The van der Waals surface area contributed by atoms with E-state index in [1.54, 1.807) is 11.8 Å². The van der Waals surface area contributed by atoms with Crippen molar-refractivity contribution < 1.29 is 10.2 Å². The standard InChI is InChI=1S/C14H21NO2S/c16-10-13(17)11-18-9-8-15-7-3-5-12-4-1-2-6-14(12)15/h1-2,4,6,13,16-17H,3,5,7-11H2. The minimum atomic E-state index is -0.580. The van der Waals surface area contributed by atoms with E-state index in [0.29, 0.717) is 5.75 Å². The lowest BCUT2D eigenvalue weighted by Crippen LogP contribution is -2.31. The second kappa shape index (κ2) is 7.02. The maximum absolute atomic E-state index is 9.27. The van der Waals surface area contributed by atoms with Crippen LogP contribution < -0.4 is 4.90 Å². The van der Waals surface area contributed by atoms with Crippen molar-refractivity contribution in [2.75, 3.05) is 36.1 Å². The number of thioether (sulfide) groups is 1. The lowest BCUT2D eigenvalue weighted by atomic mass is 10.0. The third kappa shape index (κ3) is 3.64. The number of aryl methyl sites for hydroxylation is 1. The third-order valence-corrected chi connectivity index (χ3v) is 4.32. The summed E-state index contributed by atoms with van der Waals surface area (Å²) in [5, 5.41) is 18.0. The molecule has 18 heavy (non-hydrogen) atoms. The summed E-state index contributed by atoms with van der Waals surface area (Å²) in [6.45, 7) is 2.00. The van der Waals surface area contributed by atoms with Gasteiger partial charge in [-0.1, -0.05) is 18.2 Å². The Balaban J connectivity index is 1.81. The third-order valence-electron chi connectivity index (χ3n) is 3.23. The van der Waals surface area contributed by atoms with Crippen LogP contribution in [-0.2, 0) is 6.42 Å². The Morgan fingerprint density at radius 2 is 2.17 bits per heavy atom. The zero-order valence-electron chi connectivity index (χ0n) is 10.6. The van der Waals surface area contributed by atoms with Crippen molar-refractivity contribution in [2.45, 2.75) is 18.9 Å². The molecular weight excluding hydrogens is 246 g/mol. The van der Waals surface area contributed by atoms with Crippen molar-refractivity contribution in [1.29, 1.82) is 0 Å². The Morgan fingerprint density at radius 3 is 3.00 bits per heavy atom. The van der Waals surface area contributed by atoms with E-state index in [1.165, 1.54) is 24.1 Å². The van der Waals surface area contributed by atoms with Crippen molar-refractivity contribution in [3.05, 3.63) is 29.8 Å². The number of benzene rings is 1. The summed E-state index contributed by atoms with van der Waals surface area (Å²) in [6.07, 6.45) is 1.83. The number of nitrogens with zero attached hydrogens (tertiary/aromatic N) is 1. The van der Waals surface area contributed by atoms with Gasteiger partial charge in [0.05, 0.1) is 12.7 Å². The Hall–Kier alpha value is -0.710. The fourth-order valence-electron chi connectivity index (χ4n) is 2.29. The lowest BCUT2D eigenvalue weighted by Gasteiger charge is -2.31. The Morgan fingerprint density at radius 1 is 1.33 bits per heavy atom. The van der Waals surface area contributed by atoms with Crippen LogP contribution in [0.4, 0.5) is 5.69 Å². The minimum Gasteiger partial charge on any atom is -0.394 e. The Kier molecular flexibility index (Phi) is 5.35. The van der Waals surface area contributed by atoms with Gasteiger partial charge in [0.15, 0.2) is 0 Å². The van der Waals surface area contributed by atoms with E-state index in [-0.39, 0.29) is 6.61 Å². The summed E-state index contributed by atoms with van der Waals surface area (Å²) < 4.78 is 0. The highest BCUT2D eigenvalue weighted by Crippen LogP contribution is 2.26. The lowest BCUT2D eigenvalue weighted by molar-refractivity contribution is 0.113. The smallest absolute Gasteiger partial charge is 0.0861 e. The van der Waals surface area contributed by atoms with Crippen molar-refractivity contribution in [3.63, 3.8) is 0 Å². The van der Waals surface area contributed by atoms with Gasteiger partial charge in [0.25, 0.3) is 0 Å². The molecule has 1 aromatic rings. The molecule has 0 saturated carbocycles. The number of anilines is 1. The molecule has 1 aromatic carbocycles. The van der Waals surface area contributed by atoms with E-state index in [1.807, 2.05) is 0 Å². The number of aliphatic hydroxyl groups excluding tert-OH is 2. The van der Waals surface area contributed by atoms with Gasteiger partial charge in [-0.05, 0) is 24.5 Å². The molecule has 0 aliphatic carbocycles. The molecule has 0 radical (unpaired) electrons. The molecule has 0 bridgehead atoms. The van der Waals surface area contributed by atoms with Crippen LogP contribution in [0.1, 0.15) is 12.0 Å². The molecule has 0 amide bonds. The minimum absolute atomic E-state index is 0.139. The Labute approximate surface area is 113 Å². The van der Waals surface area contributed by atoms with Crippen molar-refractivity contribution in [2.24, 2.45) is 0 Å². The molecule has 1 atom stereocenters. The molecule has 2 rings (SSSR count). The van der Waals surface area contributed by atoms with Crippen LogP contribution in [0.15, 0.2) is 24.3 Å². The fourth-order valence-corrected chi connectivity index (χ4v) is 3.18. The van der Waals surface area contributed by atoms with Gasteiger partial charge in [-0.15, -0.1) is 0 Å². The Bertz CT molecular complexity index is 373. The van der Waals surface area contributed by atoms with Crippen molar-refractivity contribution >= 4 is 17.4 Å². The van der Waals surface area contributed by atoms with Crippen LogP contribution in [0.25, 0.3) is 0 Å². The molecule has 1 aliphatic rings. The first kappa shape index (κ1) is 13.7. The maximum atomic E-state index is 9.27. The van der Waals surface area contributed by atoms with Gasteiger partial charge in [0, 0.05) is 30.3 Å². The molecular formula is C14H21NO2S. The van der Waals surface area contributed by atoms with Crippen LogP contribution in [0.3, 0.4) is 0 Å². The van der Waals surface area contributed by atoms with Crippen LogP contribution >= 0.6 is 11.8 Å². The number of hydrogen-bond donors (Lipinski definition) is 2. The first-order valence-electron chi connectivity index (χ1n) is 6.51. The molecule has 1 heterocycles. The van der Waals surface area contributed by atoms with Gasteiger partial charge in [0.2, 0.25) is 0 Å². The van der Waals surface area contributed by atoms with Gasteiger partial charge in [-0.25, -0.2) is 0 Å². The van der Waals surface area contributed by atoms with Crippen molar-refractivity contribution in [1.82, 2.24) is 0 Å². The molecule has 2 N–H and O–H groups in total. The average Bonchev–Trinajstić information content (AvgIpc) is 2.43. The van der Waals surface area contributed by atoms with E-state index in [9.17, 15) is 5.11 Å². The molecule has 0 fully saturated rings. The largest absolute Gasteiger partial charge is 0.394 e. The van der Waals surface area contributed by atoms with E-state index in [2.05, 4.69) is 29.2 Å². The topological polar surface area (TPSA) is 43.7 Å². The number of hydrogen-bond acceptors (Lipinski definition) is 4. The quantitative estimate of drug-likeness (QED) is 0.767. The van der Waals surface area contributed by atoms with Crippen molar-refractivity contribution in [3.8, 4) is 0 Å². The summed E-state index contributed by atoms with van der Waals surface area (Å²) in [6, 6.07) is 8.61. The number of fused-ring (bicyclic) bond motifs is 1. The maximum Gasteiger partial charge on any atom is 0.0861 e. The SMILES string of the molecule is OCC(O)CSCCN1CCCc2ccccc21. The molecule has 0 spiro atoms. The van der Waals surface area contributed by atoms with Gasteiger partial charge in [0.1, 0.15) is 0 Å². The van der Waals surface area contributed by atoms with E-state index in [0.717, 1.165) is 18.8 Å². The normalized spacial score (nSPS) is 16.4. The molecule has 0 saturated heterocycles. The van der Waals surface area contributed by atoms with Gasteiger partial charge in [-0.2, -0.15) is 11.8 Å². The molecule has 1 aliphatic heterocycles. The van der Waals surface area contributed by atoms with Gasteiger partial charge >= 0.3 is 0 Å². The van der Waals surface area contributed by atoms with Gasteiger partial charge in [-0.3, -0.25) is 0 Å². The van der Waals surface area contributed by atoms with Crippen LogP contribution in [0.2, 0.25) is 0 Å². The molecule has 1 unspecified atom stereocenters. The van der Waals surface area contributed by atoms with E-state index < -0.39 is 6.10 Å². The fraction of sp³-hybridized carbons (Fsp3) is 0.571. The number of para-hydroxylation sites is 1. The number of aliphatic hydroxyl groups is 2. The highest BCUT2D eigenvalue weighted by molar-refractivity contribution is 7.99. The van der Waals surface area contributed by atoms with Gasteiger partial charge < -0.3 is 15.1 Å². The van der Waals surface area contributed by atoms with E-state index >= 15 is 0 Å². The summed E-state index contributed by atoms with van der Waals surface area (Å²) >= 11 is 1.70. The van der Waals surface area contributed by atoms with Crippen LogP contribution in [0, 0.1) is 0 Å². The number of rotatable bonds is 6. The summed E-state index contributed by atoms with van der Waals surface area (Å²) in [5.74, 6) is 1.61. The summed E-state index contributed by atoms with van der Waals surface area (Å²) in [5.41, 5.74) is 2.82. The highest BCUT2D eigenvalue weighted by Gasteiger charge is 2.15. The second-order valence-corrected chi connectivity index (χ2v) is 5.78. The predicted molar refractivity (Wildman–Crippen MR) is 77.4 cm³/mol. The second-order valence-electron chi connectivity index (χ2n) is 4.63. The zero-order valence-corrected chi connectivity index (χ0v) is 11.4. The zero-order chi connectivity index (χ0) is 12.8. The predicted octanol–water partition coefficient (Wildman–Crippen LogP) is 1.53. The summed E-state index contributed by atoms with van der Waals surface area (Å²) in [7, 11) is 0. The molecule has 0 aromatic heterocycles. The average molecular weight is 267 g/mol. The van der Waals surface area contributed by atoms with Crippen LogP contribution in [-0.4, -0.2) is 47.5 Å².